The second-order valence-electron chi connectivity index (χ2n) is 5.55. The highest BCUT2D eigenvalue weighted by Crippen LogP contribution is 2.30. The van der Waals surface area contributed by atoms with Crippen molar-refractivity contribution in [1.29, 1.82) is 0 Å². The summed E-state index contributed by atoms with van der Waals surface area (Å²) in [6.07, 6.45) is 3.88. The molecule has 2 rings (SSSR count). The number of thioether (sulfide) groups is 1. The Balaban J connectivity index is 1.84. The number of hydrogen-bond acceptors (Lipinski definition) is 3. The molecule has 0 spiro atoms. The van der Waals surface area contributed by atoms with Crippen molar-refractivity contribution in [3.05, 3.63) is 35.4 Å². The molecule has 20 heavy (non-hydrogen) atoms. The zero-order chi connectivity index (χ0) is 14.6. The number of amides is 2. The summed E-state index contributed by atoms with van der Waals surface area (Å²) in [5.41, 5.74) is 1.65. The largest absolute Gasteiger partial charge is 0.387 e. The van der Waals surface area contributed by atoms with Crippen LogP contribution in [0.1, 0.15) is 30.5 Å². The number of carbonyl (C=O) groups is 1. The molecule has 0 saturated carbocycles. The van der Waals surface area contributed by atoms with Gasteiger partial charge in [-0.1, -0.05) is 24.3 Å². The van der Waals surface area contributed by atoms with Gasteiger partial charge < -0.3 is 15.7 Å². The van der Waals surface area contributed by atoms with Crippen molar-refractivity contribution in [2.45, 2.75) is 31.4 Å². The average molecular weight is 294 g/mol. The van der Waals surface area contributed by atoms with Gasteiger partial charge in [-0.3, -0.25) is 0 Å². The lowest BCUT2D eigenvalue weighted by Gasteiger charge is -2.23. The quantitative estimate of drug-likeness (QED) is 0.779. The summed E-state index contributed by atoms with van der Waals surface area (Å²) in [4.78, 5) is 11.9. The minimum absolute atomic E-state index is 0.0803. The molecule has 0 bridgehead atoms. The van der Waals surface area contributed by atoms with Crippen LogP contribution in [-0.2, 0) is 6.42 Å². The van der Waals surface area contributed by atoms with E-state index in [2.05, 4.69) is 22.8 Å². The van der Waals surface area contributed by atoms with E-state index in [0.29, 0.717) is 5.75 Å². The monoisotopic (exact) mass is 294 g/mol. The lowest BCUT2D eigenvalue weighted by molar-refractivity contribution is 0.0868. The summed E-state index contributed by atoms with van der Waals surface area (Å²) in [7, 11) is 0. The fraction of sp³-hybridized carbons (Fsp3) is 0.533. The molecule has 2 atom stereocenters. The lowest BCUT2D eigenvalue weighted by Crippen LogP contribution is -2.46. The van der Waals surface area contributed by atoms with Crippen LogP contribution >= 0.6 is 11.8 Å². The van der Waals surface area contributed by atoms with E-state index in [0.717, 1.165) is 12.8 Å². The Labute approximate surface area is 124 Å². The van der Waals surface area contributed by atoms with Gasteiger partial charge in [0.15, 0.2) is 0 Å². The molecular weight excluding hydrogens is 272 g/mol. The maximum atomic E-state index is 11.9. The molecule has 1 aromatic carbocycles. The first-order valence-corrected chi connectivity index (χ1v) is 8.25. The Morgan fingerprint density at radius 3 is 3.00 bits per heavy atom. The molecule has 2 unspecified atom stereocenters. The van der Waals surface area contributed by atoms with Gasteiger partial charge in [0.05, 0.1) is 11.6 Å². The Bertz CT molecular complexity index is 477. The van der Waals surface area contributed by atoms with Crippen LogP contribution in [0.4, 0.5) is 4.79 Å². The maximum absolute atomic E-state index is 11.9. The first-order chi connectivity index (χ1) is 9.52. The van der Waals surface area contributed by atoms with E-state index in [9.17, 15) is 9.90 Å². The van der Waals surface area contributed by atoms with Crippen molar-refractivity contribution >= 4 is 17.8 Å². The second-order valence-corrected chi connectivity index (χ2v) is 6.41. The zero-order valence-corrected chi connectivity index (χ0v) is 12.8. The minimum Gasteiger partial charge on any atom is -0.387 e. The Morgan fingerprint density at radius 1 is 1.50 bits per heavy atom. The number of aryl methyl sites for hydroxylation is 1. The molecule has 0 heterocycles. The van der Waals surface area contributed by atoms with Gasteiger partial charge in [0.2, 0.25) is 0 Å². The highest BCUT2D eigenvalue weighted by atomic mass is 32.2. The number of nitrogens with one attached hydrogen (secondary N) is 2. The van der Waals surface area contributed by atoms with Crippen LogP contribution in [0.2, 0.25) is 0 Å². The highest BCUT2D eigenvalue weighted by Gasteiger charge is 2.25. The predicted molar refractivity (Wildman–Crippen MR) is 83.0 cm³/mol. The molecule has 0 saturated heterocycles. The molecule has 0 radical (unpaired) electrons. The molecule has 0 aliphatic heterocycles. The lowest BCUT2D eigenvalue weighted by atomic mass is 10.1. The third-order valence-corrected chi connectivity index (χ3v) is 4.43. The van der Waals surface area contributed by atoms with Crippen molar-refractivity contribution < 1.29 is 9.90 Å². The fourth-order valence-electron chi connectivity index (χ4n) is 2.55. The van der Waals surface area contributed by atoms with E-state index in [1.54, 1.807) is 18.7 Å². The Kier molecular flexibility index (Phi) is 4.94. The topological polar surface area (TPSA) is 61.4 Å². The Hall–Kier alpha value is -1.20. The third kappa shape index (κ3) is 3.90. The molecular formula is C15H22N2O2S. The number of aliphatic hydroxyl groups is 1. The van der Waals surface area contributed by atoms with Crippen LogP contribution in [0.25, 0.3) is 0 Å². The van der Waals surface area contributed by atoms with Crippen LogP contribution in [-0.4, -0.2) is 35.3 Å². The SMILES string of the molecule is CSCC(C)(O)CNC(=O)NC1CCc2ccccc21. The smallest absolute Gasteiger partial charge is 0.315 e. The number of carbonyl (C=O) groups excluding carboxylic acids is 1. The molecule has 1 aliphatic rings. The first-order valence-electron chi connectivity index (χ1n) is 6.85. The van der Waals surface area contributed by atoms with Crippen LogP contribution in [0.3, 0.4) is 0 Å². The number of urea groups is 1. The highest BCUT2D eigenvalue weighted by molar-refractivity contribution is 7.98. The third-order valence-electron chi connectivity index (χ3n) is 3.52. The van der Waals surface area contributed by atoms with Gasteiger partial charge in [-0.2, -0.15) is 11.8 Å². The number of fused-ring (bicyclic) bond motifs is 1. The molecule has 110 valence electrons. The Morgan fingerprint density at radius 2 is 2.25 bits per heavy atom. The zero-order valence-electron chi connectivity index (χ0n) is 12.0. The number of hydrogen-bond donors (Lipinski definition) is 3. The number of rotatable bonds is 5. The molecule has 1 aliphatic carbocycles. The van der Waals surface area contributed by atoms with Crippen LogP contribution in [0, 0.1) is 0 Å². The van der Waals surface area contributed by atoms with Crippen LogP contribution in [0.15, 0.2) is 24.3 Å². The van der Waals surface area contributed by atoms with Crippen molar-refractivity contribution in [3.63, 3.8) is 0 Å². The van der Waals surface area contributed by atoms with E-state index in [1.807, 2.05) is 18.4 Å². The van der Waals surface area contributed by atoms with E-state index in [4.69, 9.17) is 0 Å². The van der Waals surface area contributed by atoms with E-state index in [-0.39, 0.29) is 18.6 Å². The van der Waals surface area contributed by atoms with Crippen LogP contribution < -0.4 is 10.6 Å². The van der Waals surface area contributed by atoms with Gasteiger partial charge in [-0.05, 0) is 37.1 Å². The summed E-state index contributed by atoms with van der Waals surface area (Å²) in [5, 5.41) is 15.8. The van der Waals surface area contributed by atoms with Gasteiger partial charge >= 0.3 is 6.03 Å². The minimum atomic E-state index is -0.871. The van der Waals surface area contributed by atoms with Crippen molar-refractivity contribution in [2.24, 2.45) is 0 Å². The molecule has 2 amide bonds. The van der Waals surface area contributed by atoms with Gasteiger partial charge in [-0.25, -0.2) is 4.79 Å². The van der Waals surface area contributed by atoms with E-state index in [1.165, 1.54) is 11.1 Å². The van der Waals surface area contributed by atoms with E-state index >= 15 is 0 Å². The molecule has 0 aromatic heterocycles. The van der Waals surface area contributed by atoms with Gasteiger partial charge in [0.25, 0.3) is 0 Å². The standard InChI is InChI=1S/C15H22N2O2S/c1-15(19,10-20-2)9-16-14(18)17-13-8-7-11-5-3-4-6-12(11)13/h3-6,13,19H,7-10H2,1-2H3,(H2,16,17,18). The molecule has 5 heteroatoms. The molecule has 4 nitrogen and oxygen atoms in total. The van der Waals surface area contributed by atoms with Gasteiger partial charge in [0, 0.05) is 12.3 Å². The maximum Gasteiger partial charge on any atom is 0.315 e. The van der Waals surface area contributed by atoms with Crippen molar-refractivity contribution in [3.8, 4) is 0 Å². The van der Waals surface area contributed by atoms with Crippen LogP contribution in [0.5, 0.6) is 0 Å². The second kappa shape index (κ2) is 6.50. The normalized spacial score (nSPS) is 20.1. The van der Waals surface area contributed by atoms with Crippen molar-refractivity contribution in [1.82, 2.24) is 10.6 Å². The summed E-state index contributed by atoms with van der Waals surface area (Å²) in [6, 6.07) is 8.07. The molecule has 0 fully saturated rings. The predicted octanol–water partition coefficient (Wildman–Crippen LogP) is 2.09. The first kappa shape index (κ1) is 15.2. The number of benzene rings is 1. The van der Waals surface area contributed by atoms with E-state index < -0.39 is 5.60 Å². The van der Waals surface area contributed by atoms with Crippen molar-refractivity contribution in [2.75, 3.05) is 18.6 Å². The molecule has 1 aromatic rings. The fourth-order valence-corrected chi connectivity index (χ4v) is 3.27. The summed E-state index contributed by atoms with van der Waals surface area (Å²) in [5.74, 6) is 0.597. The summed E-state index contributed by atoms with van der Waals surface area (Å²) in [6.45, 7) is 1.99. The molecule has 3 N–H and O–H groups in total. The van der Waals surface area contributed by atoms with Gasteiger partial charge in [-0.15, -0.1) is 0 Å². The van der Waals surface area contributed by atoms with Gasteiger partial charge in [0.1, 0.15) is 0 Å². The summed E-state index contributed by atoms with van der Waals surface area (Å²) < 4.78 is 0. The average Bonchev–Trinajstić information content (AvgIpc) is 2.80. The summed E-state index contributed by atoms with van der Waals surface area (Å²) >= 11 is 1.56.